The number of furan rings is 1. The van der Waals surface area contributed by atoms with Gasteiger partial charge in [-0.3, -0.25) is 4.90 Å². The third-order valence-electron chi connectivity index (χ3n) is 4.27. The highest BCUT2D eigenvalue weighted by Crippen LogP contribution is 2.28. The van der Waals surface area contributed by atoms with E-state index in [0.717, 1.165) is 5.56 Å². The van der Waals surface area contributed by atoms with Crippen LogP contribution in [0.4, 0.5) is 4.79 Å². The fourth-order valence-electron chi connectivity index (χ4n) is 3.09. The molecular formula is C20H22ClN3O4. The van der Waals surface area contributed by atoms with Gasteiger partial charge in [0.1, 0.15) is 11.8 Å². The number of hydrogen-bond donors (Lipinski definition) is 2. The number of esters is 1. The van der Waals surface area contributed by atoms with Crippen LogP contribution in [0.5, 0.6) is 0 Å². The average molecular weight is 404 g/mol. The highest BCUT2D eigenvalue weighted by molar-refractivity contribution is 6.30. The van der Waals surface area contributed by atoms with Crippen molar-refractivity contribution in [1.29, 1.82) is 0 Å². The maximum atomic E-state index is 12.7. The molecule has 1 aliphatic rings. The van der Waals surface area contributed by atoms with E-state index in [1.165, 1.54) is 6.26 Å². The van der Waals surface area contributed by atoms with Crippen molar-refractivity contribution in [2.24, 2.45) is 0 Å². The molecule has 0 bridgehead atoms. The van der Waals surface area contributed by atoms with Gasteiger partial charge in [0.05, 0.1) is 18.4 Å². The van der Waals surface area contributed by atoms with Crippen LogP contribution in [0.2, 0.25) is 5.02 Å². The zero-order valence-electron chi connectivity index (χ0n) is 15.7. The standard InChI is InChI=1S/C20H22ClN3O4/c1-3-27-19(25)17-15(12-24(2)11-13-6-8-14(21)9-7-13)22-20(26)23-18(17)16-5-4-10-28-16/h4-10,18H,3,11-12H2,1-2H3,(H2,22,23,26)/t18-/m0/s1. The van der Waals surface area contributed by atoms with Gasteiger partial charge in [-0.15, -0.1) is 0 Å². The lowest BCUT2D eigenvalue weighted by Gasteiger charge is -2.30. The number of halogens is 1. The van der Waals surface area contributed by atoms with Gasteiger partial charge < -0.3 is 19.8 Å². The summed E-state index contributed by atoms with van der Waals surface area (Å²) in [7, 11) is 1.90. The highest BCUT2D eigenvalue weighted by Gasteiger charge is 2.35. The second-order valence-electron chi connectivity index (χ2n) is 6.46. The number of nitrogens with zero attached hydrogens (tertiary/aromatic N) is 1. The molecule has 2 heterocycles. The van der Waals surface area contributed by atoms with E-state index in [1.807, 2.05) is 36.2 Å². The Kier molecular flexibility index (Phi) is 6.38. The monoisotopic (exact) mass is 403 g/mol. The molecule has 0 saturated heterocycles. The summed E-state index contributed by atoms with van der Waals surface area (Å²) in [5.74, 6) is -0.0259. The van der Waals surface area contributed by atoms with Crippen LogP contribution in [-0.4, -0.2) is 37.1 Å². The Morgan fingerprint density at radius 3 is 2.64 bits per heavy atom. The van der Waals surface area contributed by atoms with Crippen LogP contribution in [0.25, 0.3) is 0 Å². The van der Waals surface area contributed by atoms with E-state index in [4.69, 9.17) is 20.8 Å². The summed E-state index contributed by atoms with van der Waals surface area (Å²) in [6.45, 7) is 2.93. The largest absolute Gasteiger partial charge is 0.467 e. The van der Waals surface area contributed by atoms with E-state index in [0.29, 0.717) is 35.1 Å². The molecule has 1 aliphatic heterocycles. The van der Waals surface area contributed by atoms with Crippen molar-refractivity contribution in [3.05, 3.63) is 70.3 Å². The predicted octanol–water partition coefficient (Wildman–Crippen LogP) is 3.24. The predicted molar refractivity (Wildman–Crippen MR) is 105 cm³/mol. The number of urea groups is 1. The van der Waals surface area contributed by atoms with Crippen LogP contribution >= 0.6 is 11.6 Å². The smallest absolute Gasteiger partial charge is 0.338 e. The minimum Gasteiger partial charge on any atom is -0.467 e. The topological polar surface area (TPSA) is 83.8 Å². The second-order valence-corrected chi connectivity index (χ2v) is 6.89. The lowest BCUT2D eigenvalue weighted by atomic mass is 10.00. The van der Waals surface area contributed by atoms with Crippen LogP contribution in [0, 0.1) is 0 Å². The summed E-state index contributed by atoms with van der Waals surface area (Å²) in [6, 6.07) is 9.84. The van der Waals surface area contributed by atoms with Crippen LogP contribution in [0.15, 0.2) is 58.3 Å². The summed E-state index contributed by atoms with van der Waals surface area (Å²) >= 11 is 5.93. The molecule has 2 amide bonds. The second kappa shape index (κ2) is 8.95. The van der Waals surface area contributed by atoms with E-state index < -0.39 is 18.0 Å². The number of rotatable bonds is 7. The van der Waals surface area contributed by atoms with Gasteiger partial charge in [0.25, 0.3) is 0 Å². The van der Waals surface area contributed by atoms with Crippen molar-refractivity contribution in [1.82, 2.24) is 15.5 Å². The average Bonchev–Trinajstić information content (AvgIpc) is 3.18. The van der Waals surface area contributed by atoms with Crippen LogP contribution < -0.4 is 10.6 Å². The molecule has 2 aromatic rings. The molecule has 0 saturated carbocycles. The summed E-state index contributed by atoms with van der Waals surface area (Å²) in [5, 5.41) is 6.15. The Morgan fingerprint density at radius 2 is 2.00 bits per heavy atom. The molecule has 1 aromatic heterocycles. The maximum absolute atomic E-state index is 12.7. The van der Waals surface area contributed by atoms with Gasteiger partial charge in [-0.1, -0.05) is 23.7 Å². The molecule has 0 unspecified atom stereocenters. The number of benzene rings is 1. The summed E-state index contributed by atoms with van der Waals surface area (Å²) < 4.78 is 10.7. The number of carbonyl (C=O) groups is 2. The Morgan fingerprint density at radius 1 is 1.25 bits per heavy atom. The number of amides is 2. The Bertz CT molecular complexity index is 862. The van der Waals surface area contributed by atoms with E-state index >= 15 is 0 Å². The molecule has 2 N–H and O–H groups in total. The molecule has 0 fully saturated rings. The first-order valence-corrected chi connectivity index (χ1v) is 9.29. The summed E-state index contributed by atoms with van der Waals surface area (Å²) in [4.78, 5) is 26.8. The molecule has 0 spiro atoms. The molecule has 0 aliphatic carbocycles. The first kappa shape index (κ1) is 20.0. The highest BCUT2D eigenvalue weighted by atomic mass is 35.5. The summed E-state index contributed by atoms with van der Waals surface area (Å²) in [6.07, 6.45) is 1.50. The third-order valence-corrected chi connectivity index (χ3v) is 4.52. The minimum atomic E-state index is -0.707. The lowest BCUT2D eigenvalue weighted by Crippen LogP contribution is -2.48. The van der Waals surface area contributed by atoms with E-state index in [1.54, 1.807) is 19.1 Å². The number of hydrogen-bond acceptors (Lipinski definition) is 5. The quantitative estimate of drug-likeness (QED) is 0.693. The Labute approximate surface area is 168 Å². The van der Waals surface area contributed by atoms with Gasteiger partial charge in [-0.25, -0.2) is 9.59 Å². The lowest BCUT2D eigenvalue weighted by molar-refractivity contribution is -0.139. The molecule has 1 atom stereocenters. The number of carbonyl (C=O) groups excluding carboxylic acids is 2. The van der Waals surface area contributed by atoms with Crippen molar-refractivity contribution in [2.75, 3.05) is 20.2 Å². The van der Waals surface area contributed by atoms with Crippen molar-refractivity contribution in [2.45, 2.75) is 19.5 Å². The SMILES string of the molecule is CCOC(=O)C1=C(CN(C)Cc2ccc(Cl)cc2)NC(=O)N[C@H]1c1ccco1. The molecule has 0 radical (unpaired) electrons. The normalized spacial score (nSPS) is 16.7. The maximum Gasteiger partial charge on any atom is 0.338 e. The first-order chi connectivity index (χ1) is 13.5. The number of nitrogens with one attached hydrogen (secondary N) is 2. The molecule has 148 valence electrons. The van der Waals surface area contributed by atoms with Gasteiger partial charge in [-0.05, 0) is 43.8 Å². The van der Waals surface area contributed by atoms with Crippen molar-refractivity contribution in [3.8, 4) is 0 Å². The third kappa shape index (κ3) is 4.74. The zero-order valence-corrected chi connectivity index (χ0v) is 16.5. The van der Waals surface area contributed by atoms with Gasteiger partial charge >= 0.3 is 12.0 Å². The van der Waals surface area contributed by atoms with Crippen molar-refractivity contribution in [3.63, 3.8) is 0 Å². The Balaban J connectivity index is 1.87. The van der Waals surface area contributed by atoms with Crippen molar-refractivity contribution < 1.29 is 18.7 Å². The molecular weight excluding hydrogens is 382 g/mol. The molecule has 8 heteroatoms. The minimum absolute atomic E-state index is 0.231. The van der Waals surface area contributed by atoms with Gasteiger partial charge in [0.2, 0.25) is 0 Å². The van der Waals surface area contributed by atoms with Crippen molar-refractivity contribution >= 4 is 23.6 Å². The van der Waals surface area contributed by atoms with Gasteiger partial charge in [0.15, 0.2) is 0 Å². The number of likely N-dealkylation sites (N-methyl/N-ethyl adjacent to an activating group) is 1. The van der Waals surface area contributed by atoms with Crippen LogP contribution in [-0.2, 0) is 16.1 Å². The van der Waals surface area contributed by atoms with Crippen LogP contribution in [0.1, 0.15) is 24.3 Å². The molecule has 7 nitrogen and oxygen atoms in total. The first-order valence-electron chi connectivity index (χ1n) is 8.92. The molecule has 3 rings (SSSR count). The zero-order chi connectivity index (χ0) is 20.1. The van der Waals surface area contributed by atoms with Gasteiger partial charge in [0, 0.05) is 23.8 Å². The van der Waals surface area contributed by atoms with E-state index in [9.17, 15) is 9.59 Å². The van der Waals surface area contributed by atoms with E-state index in [-0.39, 0.29) is 6.61 Å². The number of ether oxygens (including phenoxy) is 1. The molecule has 28 heavy (non-hydrogen) atoms. The fourth-order valence-corrected chi connectivity index (χ4v) is 3.21. The Hall–Kier alpha value is -2.77. The van der Waals surface area contributed by atoms with Gasteiger partial charge in [-0.2, -0.15) is 0 Å². The van der Waals surface area contributed by atoms with E-state index in [2.05, 4.69) is 10.6 Å². The fraction of sp³-hybridized carbons (Fsp3) is 0.300. The molecule has 1 aromatic carbocycles. The van der Waals surface area contributed by atoms with Crippen LogP contribution in [0.3, 0.4) is 0 Å². The summed E-state index contributed by atoms with van der Waals surface area (Å²) in [5.41, 5.74) is 1.88.